The topological polar surface area (TPSA) is 68.2 Å². The van der Waals surface area contributed by atoms with Crippen LogP contribution in [0, 0.1) is 19.3 Å². The zero-order valence-corrected chi connectivity index (χ0v) is 15.0. The lowest BCUT2D eigenvalue weighted by Crippen LogP contribution is -2.48. The van der Waals surface area contributed by atoms with Crippen LogP contribution < -0.4 is 10.6 Å². The Morgan fingerprint density at radius 3 is 2.57 bits per heavy atom. The van der Waals surface area contributed by atoms with E-state index >= 15 is 0 Å². The fourth-order valence-electron chi connectivity index (χ4n) is 3.50. The van der Waals surface area contributed by atoms with Crippen LogP contribution in [-0.4, -0.2) is 36.1 Å². The lowest BCUT2D eigenvalue weighted by atomic mass is 9.69. The molecule has 2 N–H and O–H groups in total. The predicted molar refractivity (Wildman–Crippen MR) is 90.4 cm³/mol. The Morgan fingerprint density at radius 1 is 1.43 bits per heavy atom. The van der Waals surface area contributed by atoms with E-state index in [9.17, 15) is 4.79 Å². The van der Waals surface area contributed by atoms with Crippen LogP contribution in [-0.2, 0) is 11.8 Å². The molecule has 0 spiro atoms. The maximum atomic E-state index is 12.3. The normalized spacial score (nSPS) is 17.4. The molecule has 1 heterocycles. The van der Waals surface area contributed by atoms with Crippen LogP contribution in [0.4, 0.5) is 4.79 Å². The van der Waals surface area contributed by atoms with Gasteiger partial charge in [-0.2, -0.15) is 5.10 Å². The van der Waals surface area contributed by atoms with E-state index in [1.807, 2.05) is 25.6 Å². The highest BCUT2D eigenvalue weighted by molar-refractivity contribution is 5.74. The molecule has 0 saturated heterocycles. The van der Waals surface area contributed by atoms with E-state index in [4.69, 9.17) is 4.74 Å². The van der Waals surface area contributed by atoms with Crippen molar-refractivity contribution in [2.24, 2.45) is 12.5 Å². The van der Waals surface area contributed by atoms with Crippen LogP contribution in [0.1, 0.15) is 55.6 Å². The minimum Gasteiger partial charge on any atom is -0.384 e. The van der Waals surface area contributed by atoms with Gasteiger partial charge < -0.3 is 15.4 Å². The Hall–Kier alpha value is -1.56. The lowest BCUT2D eigenvalue weighted by molar-refractivity contribution is 0.0199. The summed E-state index contributed by atoms with van der Waals surface area (Å²) in [6, 6.07) is -0.120. The molecule has 1 fully saturated rings. The van der Waals surface area contributed by atoms with Gasteiger partial charge in [-0.3, -0.25) is 4.68 Å². The average Bonchev–Trinajstić information content (AvgIpc) is 2.72. The van der Waals surface area contributed by atoms with Crippen molar-refractivity contribution < 1.29 is 9.53 Å². The number of ether oxygens (including phenoxy) is 1. The Labute approximate surface area is 139 Å². The Morgan fingerprint density at radius 2 is 2.13 bits per heavy atom. The van der Waals surface area contributed by atoms with Gasteiger partial charge in [0.1, 0.15) is 0 Å². The van der Waals surface area contributed by atoms with Gasteiger partial charge in [-0.25, -0.2) is 4.79 Å². The number of rotatable bonds is 7. The summed E-state index contributed by atoms with van der Waals surface area (Å²) in [6.45, 7) is 7.50. The van der Waals surface area contributed by atoms with E-state index in [1.54, 1.807) is 7.11 Å². The molecule has 2 rings (SSSR count). The van der Waals surface area contributed by atoms with Crippen molar-refractivity contribution >= 4 is 6.03 Å². The minimum absolute atomic E-state index is 0.0107. The smallest absolute Gasteiger partial charge is 0.315 e. The number of urea groups is 1. The number of hydrogen-bond acceptors (Lipinski definition) is 3. The van der Waals surface area contributed by atoms with E-state index < -0.39 is 0 Å². The van der Waals surface area contributed by atoms with E-state index in [0.717, 1.165) is 36.2 Å². The highest BCUT2D eigenvalue weighted by Gasteiger charge is 2.37. The quantitative estimate of drug-likeness (QED) is 0.811. The van der Waals surface area contributed by atoms with Crippen LogP contribution in [0.5, 0.6) is 0 Å². The summed E-state index contributed by atoms with van der Waals surface area (Å²) < 4.78 is 7.17. The number of nitrogens with one attached hydrogen (secondary N) is 2. The van der Waals surface area contributed by atoms with Gasteiger partial charge in [0.15, 0.2) is 0 Å². The second-order valence-corrected chi connectivity index (χ2v) is 6.78. The van der Waals surface area contributed by atoms with Gasteiger partial charge in [-0.15, -0.1) is 0 Å². The lowest BCUT2D eigenvalue weighted by Gasteiger charge is -2.41. The first-order valence-corrected chi connectivity index (χ1v) is 8.46. The third-order valence-electron chi connectivity index (χ3n) is 5.12. The Bertz CT molecular complexity index is 549. The van der Waals surface area contributed by atoms with Crippen LogP contribution in [0.3, 0.4) is 0 Å². The highest BCUT2D eigenvalue weighted by atomic mass is 16.5. The SMILES string of the molecule is CC[C@H](NC(=O)NCC1(COC)CCC1)c1c(C)nn(C)c1C. The fraction of sp³-hybridized carbons (Fsp3) is 0.765. The summed E-state index contributed by atoms with van der Waals surface area (Å²) in [4.78, 5) is 12.3. The second-order valence-electron chi connectivity index (χ2n) is 6.78. The van der Waals surface area contributed by atoms with Crippen molar-refractivity contribution in [3.05, 3.63) is 17.0 Å². The molecule has 1 saturated carbocycles. The first-order valence-electron chi connectivity index (χ1n) is 8.46. The van der Waals surface area contributed by atoms with Gasteiger partial charge in [0.2, 0.25) is 0 Å². The molecule has 23 heavy (non-hydrogen) atoms. The molecule has 130 valence electrons. The largest absolute Gasteiger partial charge is 0.384 e. The zero-order chi connectivity index (χ0) is 17.0. The van der Waals surface area contributed by atoms with Crippen LogP contribution in [0.2, 0.25) is 0 Å². The van der Waals surface area contributed by atoms with Crippen molar-refractivity contribution in [1.82, 2.24) is 20.4 Å². The fourth-order valence-corrected chi connectivity index (χ4v) is 3.50. The highest BCUT2D eigenvalue weighted by Crippen LogP contribution is 2.40. The number of aryl methyl sites for hydroxylation is 2. The van der Waals surface area contributed by atoms with Gasteiger partial charge in [-0.1, -0.05) is 13.3 Å². The van der Waals surface area contributed by atoms with Crippen molar-refractivity contribution in [2.75, 3.05) is 20.3 Å². The minimum atomic E-state index is -0.109. The summed E-state index contributed by atoms with van der Waals surface area (Å²) in [6.07, 6.45) is 4.31. The summed E-state index contributed by atoms with van der Waals surface area (Å²) in [7, 11) is 3.66. The number of carbonyl (C=O) groups excluding carboxylic acids is 1. The molecule has 0 aliphatic heterocycles. The summed E-state index contributed by atoms with van der Waals surface area (Å²) in [5.74, 6) is 0. The van der Waals surface area contributed by atoms with Crippen molar-refractivity contribution in [2.45, 2.75) is 52.5 Å². The number of amides is 2. The van der Waals surface area contributed by atoms with Crippen LogP contribution in [0.25, 0.3) is 0 Å². The molecule has 0 bridgehead atoms. The molecule has 0 aromatic carbocycles. The molecular weight excluding hydrogens is 292 g/mol. The number of methoxy groups -OCH3 is 1. The molecule has 2 amide bonds. The molecule has 1 aromatic heterocycles. The molecule has 6 nitrogen and oxygen atoms in total. The molecule has 0 unspecified atom stereocenters. The van der Waals surface area contributed by atoms with Crippen LogP contribution in [0.15, 0.2) is 0 Å². The average molecular weight is 322 g/mol. The summed E-state index contributed by atoms with van der Waals surface area (Å²) >= 11 is 0. The Balaban J connectivity index is 1.95. The maximum Gasteiger partial charge on any atom is 0.315 e. The van der Waals surface area contributed by atoms with Gasteiger partial charge in [0, 0.05) is 37.4 Å². The van der Waals surface area contributed by atoms with Gasteiger partial charge in [-0.05, 0) is 33.1 Å². The molecule has 1 aromatic rings. The standard InChI is InChI=1S/C17H30N4O2/c1-6-14(15-12(2)20-21(4)13(15)3)19-16(22)18-10-17(11-23-5)8-7-9-17/h14H,6-11H2,1-5H3,(H2,18,19,22)/t14-/m0/s1. The van der Waals surface area contributed by atoms with E-state index in [0.29, 0.717) is 13.2 Å². The summed E-state index contributed by atoms with van der Waals surface area (Å²) in [5, 5.41) is 10.6. The van der Waals surface area contributed by atoms with E-state index in [-0.39, 0.29) is 17.5 Å². The molecular formula is C17H30N4O2. The monoisotopic (exact) mass is 322 g/mol. The first-order chi connectivity index (χ1) is 10.9. The third kappa shape index (κ3) is 3.86. The number of carbonyl (C=O) groups is 1. The third-order valence-corrected chi connectivity index (χ3v) is 5.12. The van der Waals surface area contributed by atoms with Crippen molar-refractivity contribution in [3.63, 3.8) is 0 Å². The van der Waals surface area contributed by atoms with Crippen molar-refractivity contribution in [1.29, 1.82) is 0 Å². The van der Waals surface area contributed by atoms with E-state index in [2.05, 4.69) is 22.7 Å². The number of hydrogen-bond donors (Lipinski definition) is 2. The molecule has 6 heteroatoms. The predicted octanol–water partition coefficient (Wildman–Crippen LogP) is 2.60. The number of nitrogens with zero attached hydrogens (tertiary/aromatic N) is 2. The van der Waals surface area contributed by atoms with Gasteiger partial charge in [0.25, 0.3) is 0 Å². The van der Waals surface area contributed by atoms with Gasteiger partial charge >= 0.3 is 6.03 Å². The van der Waals surface area contributed by atoms with Crippen LogP contribution >= 0.6 is 0 Å². The number of aromatic nitrogens is 2. The molecule has 1 aliphatic rings. The van der Waals surface area contributed by atoms with Gasteiger partial charge in [0.05, 0.1) is 18.3 Å². The second kappa shape index (κ2) is 7.34. The molecule has 0 radical (unpaired) electrons. The zero-order valence-electron chi connectivity index (χ0n) is 15.0. The maximum absolute atomic E-state index is 12.3. The summed E-state index contributed by atoms with van der Waals surface area (Å²) in [5.41, 5.74) is 3.34. The molecule has 1 atom stereocenters. The van der Waals surface area contributed by atoms with E-state index in [1.165, 1.54) is 6.42 Å². The Kier molecular flexibility index (Phi) is 5.68. The first kappa shape index (κ1) is 17.8. The van der Waals surface area contributed by atoms with Crippen molar-refractivity contribution in [3.8, 4) is 0 Å². The molecule has 1 aliphatic carbocycles.